The van der Waals surface area contributed by atoms with E-state index in [1.807, 2.05) is 27.7 Å². The van der Waals surface area contributed by atoms with Gasteiger partial charge in [0.2, 0.25) is 0 Å². The van der Waals surface area contributed by atoms with Gasteiger partial charge in [-0.1, -0.05) is 39.1 Å². The molecule has 0 amide bonds. The van der Waals surface area contributed by atoms with Crippen molar-refractivity contribution < 1.29 is 0 Å². The van der Waals surface area contributed by atoms with Gasteiger partial charge >= 0.3 is 0 Å². The van der Waals surface area contributed by atoms with Crippen molar-refractivity contribution in [1.82, 2.24) is 0 Å². The summed E-state index contributed by atoms with van der Waals surface area (Å²) in [6, 6.07) is 0. The molecule has 0 radical (unpaired) electrons. The summed E-state index contributed by atoms with van der Waals surface area (Å²) in [5, 5.41) is 8.25. The summed E-state index contributed by atoms with van der Waals surface area (Å²) in [4.78, 5) is 0.986. The van der Waals surface area contributed by atoms with E-state index in [0.717, 1.165) is 4.91 Å². The highest BCUT2D eigenvalue weighted by Crippen LogP contribution is 2.26. The third kappa shape index (κ3) is 3.72. The molecule has 0 bridgehead atoms. The van der Waals surface area contributed by atoms with Gasteiger partial charge < -0.3 is 0 Å². The standard InChI is InChI=1S/C8H15NS/c1-6(2)10-7(9)8(3,4)5/h9H,1H2,2-5H3. The van der Waals surface area contributed by atoms with Crippen molar-refractivity contribution in [3.63, 3.8) is 0 Å². The van der Waals surface area contributed by atoms with Gasteiger partial charge in [0.1, 0.15) is 0 Å². The largest absolute Gasteiger partial charge is 0.298 e. The molecule has 2 heteroatoms. The normalized spacial score (nSPS) is 11.2. The molecule has 0 saturated heterocycles. The van der Waals surface area contributed by atoms with E-state index in [9.17, 15) is 0 Å². The van der Waals surface area contributed by atoms with Gasteiger partial charge in [0.25, 0.3) is 0 Å². The third-order valence-electron chi connectivity index (χ3n) is 0.957. The van der Waals surface area contributed by atoms with E-state index in [1.165, 1.54) is 11.8 Å². The average Bonchev–Trinajstić information content (AvgIpc) is 1.60. The average molecular weight is 157 g/mol. The summed E-state index contributed by atoms with van der Waals surface area (Å²) < 4.78 is 0. The van der Waals surface area contributed by atoms with E-state index >= 15 is 0 Å². The maximum absolute atomic E-state index is 7.57. The van der Waals surface area contributed by atoms with Crippen LogP contribution in [0.15, 0.2) is 11.5 Å². The molecule has 1 N–H and O–H groups in total. The first-order chi connectivity index (χ1) is 4.34. The molecule has 0 atom stereocenters. The fraction of sp³-hybridized carbons (Fsp3) is 0.625. The molecule has 0 aromatic carbocycles. The van der Waals surface area contributed by atoms with Crippen LogP contribution in [0.4, 0.5) is 0 Å². The van der Waals surface area contributed by atoms with Gasteiger partial charge in [0, 0.05) is 5.41 Å². The lowest BCUT2D eigenvalue weighted by molar-refractivity contribution is 0.599. The molecule has 0 aromatic heterocycles. The minimum atomic E-state index is -0.0242. The molecule has 58 valence electrons. The predicted molar refractivity (Wildman–Crippen MR) is 49.6 cm³/mol. The first-order valence-electron chi connectivity index (χ1n) is 3.26. The summed E-state index contributed by atoms with van der Waals surface area (Å²) in [6.45, 7) is 11.8. The van der Waals surface area contributed by atoms with Crippen molar-refractivity contribution in [2.24, 2.45) is 5.41 Å². The van der Waals surface area contributed by atoms with Gasteiger partial charge in [-0.15, -0.1) is 0 Å². The molecule has 0 spiro atoms. The van der Waals surface area contributed by atoms with Gasteiger partial charge in [0.15, 0.2) is 0 Å². The Labute approximate surface area is 67.4 Å². The topological polar surface area (TPSA) is 23.9 Å². The van der Waals surface area contributed by atoms with Crippen molar-refractivity contribution in [2.45, 2.75) is 27.7 Å². The van der Waals surface area contributed by atoms with Crippen LogP contribution in [0.1, 0.15) is 27.7 Å². The molecule has 0 unspecified atom stereocenters. The Hall–Kier alpha value is -0.240. The minimum Gasteiger partial charge on any atom is -0.298 e. The van der Waals surface area contributed by atoms with E-state index in [4.69, 9.17) is 5.41 Å². The first kappa shape index (κ1) is 9.76. The van der Waals surface area contributed by atoms with Crippen molar-refractivity contribution in [2.75, 3.05) is 0 Å². The molecule has 0 aliphatic rings. The highest BCUT2D eigenvalue weighted by molar-refractivity contribution is 8.17. The minimum absolute atomic E-state index is 0.0242. The van der Waals surface area contributed by atoms with E-state index < -0.39 is 0 Å². The Bertz CT molecular complexity index is 153. The Morgan fingerprint density at radius 3 is 1.90 bits per heavy atom. The second-order valence-electron chi connectivity index (χ2n) is 3.38. The van der Waals surface area contributed by atoms with E-state index in [-0.39, 0.29) is 5.41 Å². The Morgan fingerprint density at radius 2 is 1.80 bits per heavy atom. The summed E-state index contributed by atoms with van der Waals surface area (Å²) in [5.41, 5.74) is -0.0242. The lowest BCUT2D eigenvalue weighted by Crippen LogP contribution is -2.15. The van der Waals surface area contributed by atoms with E-state index in [2.05, 4.69) is 6.58 Å². The molecule has 0 fully saturated rings. The zero-order valence-electron chi connectivity index (χ0n) is 7.12. The van der Waals surface area contributed by atoms with Gasteiger partial charge in [-0.05, 0) is 11.8 Å². The molecule has 0 aromatic rings. The van der Waals surface area contributed by atoms with Gasteiger partial charge in [-0.2, -0.15) is 0 Å². The van der Waals surface area contributed by atoms with Gasteiger partial charge in [-0.3, -0.25) is 5.41 Å². The molecular weight excluding hydrogens is 142 g/mol. The molecule has 1 nitrogen and oxygen atoms in total. The quantitative estimate of drug-likeness (QED) is 0.458. The molecular formula is C8H15NS. The second kappa shape index (κ2) is 3.24. The molecule has 0 rings (SSSR count). The zero-order chi connectivity index (χ0) is 8.36. The van der Waals surface area contributed by atoms with E-state index in [0.29, 0.717) is 5.04 Å². The van der Waals surface area contributed by atoms with Crippen LogP contribution in [0.2, 0.25) is 0 Å². The molecule has 0 saturated carbocycles. The summed E-state index contributed by atoms with van der Waals surface area (Å²) in [6.07, 6.45) is 0. The highest BCUT2D eigenvalue weighted by Gasteiger charge is 2.17. The molecule has 0 aliphatic carbocycles. The first-order valence-corrected chi connectivity index (χ1v) is 4.08. The lowest BCUT2D eigenvalue weighted by atomic mass is 9.99. The number of thioether (sulfide) groups is 1. The van der Waals surface area contributed by atoms with Crippen LogP contribution in [0.3, 0.4) is 0 Å². The predicted octanol–water partition coefficient (Wildman–Crippen LogP) is 3.28. The zero-order valence-corrected chi connectivity index (χ0v) is 7.93. The number of nitrogens with one attached hydrogen (secondary N) is 1. The summed E-state index contributed by atoms with van der Waals surface area (Å²) in [5.74, 6) is 0. The Balaban J connectivity index is 3.99. The Kier molecular flexibility index (Phi) is 3.16. The molecule has 0 aliphatic heterocycles. The Morgan fingerprint density at radius 1 is 1.40 bits per heavy atom. The number of allylic oxidation sites excluding steroid dienone is 1. The third-order valence-corrected chi connectivity index (χ3v) is 2.12. The fourth-order valence-electron chi connectivity index (χ4n) is 0.327. The van der Waals surface area contributed by atoms with Crippen molar-refractivity contribution in [3.05, 3.63) is 11.5 Å². The number of hydrogen-bond acceptors (Lipinski definition) is 2. The lowest BCUT2D eigenvalue weighted by Gasteiger charge is -2.18. The van der Waals surface area contributed by atoms with Crippen molar-refractivity contribution in [3.8, 4) is 0 Å². The van der Waals surface area contributed by atoms with Crippen LogP contribution in [0, 0.1) is 10.8 Å². The van der Waals surface area contributed by atoms with Crippen LogP contribution >= 0.6 is 11.8 Å². The van der Waals surface area contributed by atoms with Gasteiger partial charge in [0.05, 0.1) is 5.04 Å². The molecule has 0 heterocycles. The highest BCUT2D eigenvalue weighted by atomic mass is 32.2. The fourth-order valence-corrected chi connectivity index (χ4v) is 0.982. The van der Waals surface area contributed by atoms with Crippen molar-refractivity contribution in [1.29, 1.82) is 5.41 Å². The maximum atomic E-state index is 7.57. The van der Waals surface area contributed by atoms with E-state index in [1.54, 1.807) is 0 Å². The van der Waals surface area contributed by atoms with Crippen LogP contribution in [0.25, 0.3) is 0 Å². The van der Waals surface area contributed by atoms with Gasteiger partial charge in [-0.25, -0.2) is 0 Å². The van der Waals surface area contributed by atoms with Crippen molar-refractivity contribution >= 4 is 16.8 Å². The SMILES string of the molecule is C=C(C)SC(=N)C(C)(C)C. The van der Waals surface area contributed by atoms with Crippen LogP contribution in [-0.4, -0.2) is 5.04 Å². The maximum Gasteiger partial charge on any atom is 0.0739 e. The van der Waals surface area contributed by atoms with Crippen LogP contribution in [0.5, 0.6) is 0 Å². The molecule has 10 heavy (non-hydrogen) atoms. The monoisotopic (exact) mass is 157 g/mol. The summed E-state index contributed by atoms with van der Waals surface area (Å²) >= 11 is 1.45. The van der Waals surface area contributed by atoms with Crippen LogP contribution < -0.4 is 0 Å². The second-order valence-corrected chi connectivity index (χ2v) is 4.69. The number of hydrogen-bond donors (Lipinski definition) is 1. The van der Waals surface area contributed by atoms with Crippen LogP contribution in [-0.2, 0) is 0 Å². The smallest absolute Gasteiger partial charge is 0.0739 e. The summed E-state index contributed by atoms with van der Waals surface area (Å²) in [7, 11) is 0. The number of rotatable bonds is 1.